The molecule has 2 heterocycles. The first-order valence-corrected chi connectivity index (χ1v) is 9.52. The Morgan fingerprint density at radius 2 is 1.60 bits per heavy atom. The number of rotatable bonds is 4. The van der Waals surface area contributed by atoms with Crippen LogP contribution < -0.4 is 19.8 Å². The van der Waals surface area contributed by atoms with Crippen molar-refractivity contribution in [2.24, 2.45) is 5.14 Å². The van der Waals surface area contributed by atoms with Gasteiger partial charge < -0.3 is 14.7 Å². The van der Waals surface area contributed by atoms with Crippen LogP contribution in [0.15, 0.2) is 41.6 Å². The zero-order chi connectivity index (χ0) is 18.0. The van der Waals surface area contributed by atoms with Gasteiger partial charge >= 0.3 is 0 Å². The maximum absolute atomic E-state index is 11.8. The number of aromatic nitrogens is 2. The molecule has 0 spiro atoms. The predicted octanol–water partition coefficient (Wildman–Crippen LogP) is 0.517. The van der Waals surface area contributed by atoms with Crippen LogP contribution in [0.1, 0.15) is 0 Å². The molecular formula is C16H22N6O2S. The van der Waals surface area contributed by atoms with Crippen molar-refractivity contribution in [1.82, 2.24) is 9.97 Å². The molecule has 0 bridgehead atoms. The predicted molar refractivity (Wildman–Crippen MR) is 98.6 cm³/mol. The summed E-state index contributed by atoms with van der Waals surface area (Å²) < 4.78 is 23.6. The third-order valence-electron chi connectivity index (χ3n) is 4.18. The van der Waals surface area contributed by atoms with Gasteiger partial charge in [-0.3, -0.25) is 0 Å². The molecule has 0 amide bonds. The summed E-state index contributed by atoms with van der Waals surface area (Å²) in [6.45, 7) is 2.79. The molecule has 3 rings (SSSR count). The van der Waals surface area contributed by atoms with Gasteiger partial charge in [-0.25, -0.2) is 23.5 Å². The number of piperazine rings is 1. The standard InChI is InChI=1S/C16H22N6O2S/c1-20(2)15-16(19-8-7-18-15)22-11-9-21(10-12-22)13-5-3-4-6-14(13)25(17,23)24/h3-8H,9-12H2,1-2H3,(H2,17,23,24). The van der Waals surface area contributed by atoms with Gasteiger partial charge in [-0.1, -0.05) is 12.1 Å². The second-order valence-corrected chi connectivity index (χ2v) is 7.61. The Labute approximate surface area is 147 Å². The van der Waals surface area contributed by atoms with Crippen LogP contribution in [-0.4, -0.2) is 58.7 Å². The molecule has 25 heavy (non-hydrogen) atoms. The Morgan fingerprint density at radius 1 is 1.00 bits per heavy atom. The van der Waals surface area contributed by atoms with E-state index in [1.54, 1.807) is 30.6 Å². The molecule has 9 heteroatoms. The fourth-order valence-electron chi connectivity index (χ4n) is 2.98. The molecule has 0 radical (unpaired) electrons. The number of hydrogen-bond acceptors (Lipinski definition) is 7. The van der Waals surface area contributed by atoms with Crippen LogP contribution in [0.2, 0.25) is 0 Å². The van der Waals surface area contributed by atoms with Crippen LogP contribution in [0.5, 0.6) is 0 Å². The molecule has 1 aliphatic rings. The smallest absolute Gasteiger partial charge is 0.240 e. The quantitative estimate of drug-likeness (QED) is 0.847. The minimum Gasteiger partial charge on any atom is -0.367 e. The number of nitrogens with zero attached hydrogens (tertiary/aromatic N) is 5. The van der Waals surface area contributed by atoms with Crippen molar-refractivity contribution in [3.63, 3.8) is 0 Å². The van der Waals surface area contributed by atoms with Crippen LogP contribution in [0.4, 0.5) is 17.3 Å². The molecule has 0 saturated carbocycles. The second kappa shape index (κ2) is 6.85. The van der Waals surface area contributed by atoms with Gasteiger partial charge in [0.05, 0.1) is 5.69 Å². The van der Waals surface area contributed by atoms with E-state index in [1.165, 1.54) is 0 Å². The summed E-state index contributed by atoms with van der Waals surface area (Å²) in [6, 6.07) is 6.85. The van der Waals surface area contributed by atoms with Gasteiger partial charge in [0.1, 0.15) is 4.90 Å². The first-order valence-electron chi connectivity index (χ1n) is 7.98. The maximum atomic E-state index is 11.8. The van der Waals surface area contributed by atoms with Crippen molar-refractivity contribution >= 4 is 27.3 Å². The second-order valence-electron chi connectivity index (χ2n) is 6.08. The average molecular weight is 362 g/mol. The lowest BCUT2D eigenvalue weighted by Crippen LogP contribution is -2.47. The third-order valence-corrected chi connectivity index (χ3v) is 5.13. The SMILES string of the molecule is CN(C)c1nccnc1N1CCN(c2ccccc2S(N)(=O)=O)CC1. The van der Waals surface area contributed by atoms with E-state index in [9.17, 15) is 8.42 Å². The van der Waals surface area contributed by atoms with E-state index in [1.807, 2.05) is 30.0 Å². The summed E-state index contributed by atoms with van der Waals surface area (Å²) in [5.41, 5.74) is 0.650. The molecule has 1 aliphatic heterocycles. The summed E-state index contributed by atoms with van der Waals surface area (Å²) in [7, 11) is 0.123. The highest BCUT2D eigenvalue weighted by Gasteiger charge is 2.24. The fourth-order valence-corrected chi connectivity index (χ4v) is 3.74. The lowest BCUT2D eigenvalue weighted by atomic mass is 10.2. The molecule has 1 aromatic heterocycles. The van der Waals surface area contributed by atoms with Crippen LogP contribution in [0, 0.1) is 0 Å². The van der Waals surface area contributed by atoms with Gasteiger partial charge in [-0.2, -0.15) is 0 Å². The van der Waals surface area contributed by atoms with Crippen molar-refractivity contribution in [3.05, 3.63) is 36.7 Å². The van der Waals surface area contributed by atoms with Gasteiger partial charge in [0.15, 0.2) is 11.6 Å². The Bertz CT molecular complexity index is 847. The number of primary sulfonamides is 1. The summed E-state index contributed by atoms with van der Waals surface area (Å²) in [4.78, 5) is 15.2. The third kappa shape index (κ3) is 3.67. The normalized spacial score (nSPS) is 15.3. The topological polar surface area (TPSA) is 95.7 Å². The van der Waals surface area contributed by atoms with Gasteiger partial charge in [0.2, 0.25) is 10.0 Å². The van der Waals surface area contributed by atoms with Crippen molar-refractivity contribution in [1.29, 1.82) is 0 Å². The van der Waals surface area contributed by atoms with E-state index in [0.29, 0.717) is 18.8 Å². The molecule has 0 unspecified atom stereocenters. The molecule has 0 aliphatic carbocycles. The van der Waals surface area contributed by atoms with Gasteiger partial charge in [-0.15, -0.1) is 0 Å². The summed E-state index contributed by atoms with van der Waals surface area (Å²) in [5.74, 6) is 1.66. The minimum atomic E-state index is -3.75. The molecule has 1 saturated heterocycles. The van der Waals surface area contributed by atoms with Crippen molar-refractivity contribution in [3.8, 4) is 0 Å². The molecule has 1 aromatic carbocycles. The van der Waals surface area contributed by atoms with Gasteiger partial charge in [0.25, 0.3) is 0 Å². The zero-order valence-electron chi connectivity index (χ0n) is 14.3. The molecule has 2 N–H and O–H groups in total. The van der Waals surface area contributed by atoms with E-state index in [2.05, 4.69) is 14.9 Å². The van der Waals surface area contributed by atoms with Crippen LogP contribution in [0.25, 0.3) is 0 Å². The summed E-state index contributed by atoms with van der Waals surface area (Å²) in [5, 5.41) is 5.35. The van der Waals surface area contributed by atoms with Crippen LogP contribution in [0.3, 0.4) is 0 Å². The van der Waals surface area contributed by atoms with E-state index in [-0.39, 0.29) is 4.90 Å². The van der Waals surface area contributed by atoms with Crippen LogP contribution in [-0.2, 0) is 10.0 Å². The number of sulfonamides is 1. The van der Waals surface area contributed by atoms with Crippen molar-refractivity contribution < 1.29 is 8.42 Å². The first kappa shape index (κ1) is 17.4. The Morgan fingerprint density at radius 3 is 2.24 bits per heavy atom. The maximum Gasteiger partial charge on any atom is 0.240 e. The summed E-state index contributed by atoms with van der Waals surface area (Å²) >= 11 is 0. The number of para-hydroxylation sites is 1. The molecule has 8 nitrogen and oxygen atoms in total. The van der Waals surface area contributed by atoms with Crippen molar-refractivity contribution in [2.75, 3.05) is 55.0 Å². The fraction of sp³-hybridized carbons (Fsp3) is 0.375. The highest BCUT2D eigenvalue weighted by molar-refractivity contribution is 7.89. The van der Waals surface area contributed by atoms with E-state index in [0.717, 1.165) is 24.7 Å². The molecular weight excluding hydrogens is 340 g/mol. The highest BCUT2D eigenvalue weighted by Crippen LogP contribution is 2.28. The largest absolute Gasteiger partial charge is 0.367 e. The van der Waals surface area contributed by atoms with Crippen molar-refractivity contribution in [2.45, 2.75) is 4.90 Å². The Kier molecular flexibility index (Phi) is 4.78. The number of hydrogen-bond donors (Lipinski definition) is 1. The van der Waals surface area contributed by atoms with Gasteiger partial charge in [0, 0.05) is 52.7 Å². The lowest BCUT2D eigenvalue weighted by molar-refractivity contribution is 0.595. The highest BCUT2D eigenvalue weighted by atomic mass is 32.2. The van der Waals surface area contributed by atoms with Gasteiger partial charge in [-0.05, 0) is 12.1 Å². The molecule has 1 fully saturated rings. The zero-order valence-corrected chi connectivity index (χ0v) is 15.1. The van der Waals surface area contributed by atoms with E-state index in [4.69, 9.17) is 5.14 Å². The number of nitrogens with two attached hydrogens (primary N) is 1. The molecule has 134 valence electrons. The summed E-state index contributed by atoms with van der Waals surface area (Å²) in [6.07, 6.45) is 3.36. The Hall–Kier alpha value is -2.39. The minimum absolute atomic E-state index is 0.164. The first-order chi connectivity index (χ1) is 11.9. The van der Waals surface area contributed by atoms with Crippen LogP contribution >= 0.6 is 0 Å². The Balaban J connectivity index is 1.80. The van der Waals surface area contributed by atoms with E-state index < -0.39 is 10.0 Å². The van der Waals surface area contributed by atoms with E-state index >= 15 is 0 Å². The lowest BCUT2D eigenvalue weighted by Gasteiger charge is -2.38. The molecule has 0 atom stereocenters. The number of anilines is 3. The average Bonchev–Trinajstić information content (AvgIpc) is 2.61. The number of benzene rings is 1. The molecule has 2 aromatic rings. The monoisotopic (exact) mass is 362 g/mol.